The molecule has 1 aliphatic heterocycles. The van der Waals surface area contributed by atoms with Crippen LogP contribution in [0.2, 0.25) is 5.02 Å². The third-order valence-corrected chi connectivity index (χ3v) is 3.76. The molecule has 0 aliphatic carbocycles. The van der Waals surface area contributed by atoms with Crippen LogP contribution in [0.5, 0.6) is 0 Å². The molecular weight excluding hydrogens is 236 g/mol. The third-order valence-electron chi connectivity index (χ3n) is 3.45. The zero-order valence-electron chi connectivity index (χ0n) is 10.4. The van der Waals surface area contributed by atoms with Crippen molar-refractivity contribution in [2.24, 2.45) is 0 Å². The molecule has 1 unspecified atom stereocenters. The van der Waals surface area contributed by atoms with Gasteiger partial charge in [-0.1, -0.05) is 23.7 Å². The van der Waals surface area contributed by atoms with Gasteiger partial charge in [-0.15, -0.1) is 0 Å². The van der Waals surface area contributed by atoms with E-state index in [-0.39, 0.29) is 6.61 Å². The van der Waals surface area contributed by atoms with Crippen LogP contribution in [0.3, 0.4) is 0 Å². The molecule has 1 atom stereocenters. The van der Waals surface area contributed by atoms with Gasteiger partial charge in [0.1, 0.15) is 0 Å². The molecule has 0 radical (unpaired) electrons. The van der Waals surface area contributed by atoms with Gasteiger partial charge < -0.3 is 14.9 Å². The van der Waals surface area contributed by atoms with Crippen molar-refractivity contribution >= 4 is 17.3 Å². The molecule has 0 aromatic heterocycles. The van der Waals surface area contributed by atoms with Crippen LogP contribution in [0.4, 0.5) is 5.69 Å². The summed E-state index contributed by atoms with van der Waals surface area (Å²) in [5.74, 6) is 0. The number of nitrogens with zero attached hydrogens (tertiary/aromatic N) is 2. The van der Waals surface area contributed by atoms with Crippen molar-refractivity contribution in [3.8, 4) is 0 Å². The van der Waals surface area contributed by atoms with Crippen LogP contribution < -0.4 is 4.90 Å². The van der Waals surface area contributed by atoms with Crippen LogP contribution in [0.25, 0.3) is 0 Å². The maximum atomic E-state index is 9.38. The fourth-order valence-electron chi connectivity index (χ4n) is 2.41. The standard InChI is InChI=1S/C13H19ClN2O/c1-15(2)11-6-7-16(8-11)13-10(9-17)4-3-5-12(13)14/h3-5,11,17H,6-9H2,1-2H3. The van der Waals surface area contributed by atoms with E-state index in [1.165, 1.54) is 0 Å². The first kappa shape index (κ1) is 12.7. The van der Waals surface area contributed by atoms with Gasteiger partial charge in [-0.05, 0) is 26.6 Å². The number of hydrogen-bond donors (Lipinski definition) is 1. The first-order valence-electron chi connectivity index (χ1n) is 5.93. The molecule has 2 rings (SSSR count). The molecule has 94 valence electrons. The number of halogens is 1. The lowest BCUT2D eigenvalue weighted by Gasteiger charge is -2.24. The van der Waals surface area contributed by atoms with E-state index < -0.39 is 0 Å². The second kappa shape index (κ2) is 5.25. The minimum Gasteiger partial charge on any atom is -0.392 e. The van der Waals surface area contributed by atoms with Crippen LogP contribution in [0, 0.1) is 0 Å². The highest BCUT2D eigenvalue weighted by Gasteiger charge is 2.26. The molecule has 0 spiro atoms. The van der Waals surface area contributed by atoms with Crippen molar-refractivity contribution in [3.63, 3.8) is 0 Å². The van der Waals surface area contributed by atoms with E-state index in [9.17, 15) is 5.11 Å². The smallest absolute Gasteiger partial charge is 0.0702 e. The number of para-hydroxylation sites is 1. The summed E-state index contributed by atoms with van der Waals surface area (Å²) in [6.45, 7) is 2.02. The number of hydrogen-bond acceptors (Lipinski definition) is 3. The van der Waals surface area contributed by atoms with Crippen molar-refractivity contribution in [1.29, 1.82) is 0 Å². The van der Waals surface area contributed by atoms with Crippen molar-refractivity contribution in [2.45, 2.75) is 19.1 Å². The molecule has 4 heteroatoms. The normalized spacial score (nSPS) is 20.3. The van der Waals surface area contributed by atoms with Crippen molar-refractivity contribution < 1.29 is 5.11 Å². The van der Waals surface area contributed by atoms with E-state index in [0.717, 1.165) is 35.8 Å². The molecule has 0 saturated carbocycles. The molecule has 1 aliphatic rings. The van der Waals surface area contributed by atoms with Crippen molar-refractivity contribution in [1.82, 2.24) is 4.90 Å². The molecule has 3 nitrogen and oxygen atoms in total. The third kappa shape index (κ3) is 2.57. The maximum Gasteiger partial charge on any atom is 0.0702 e. The predicted octanol–water partition coefficient (Wildman–Crippen LogP) is 1.97. The van der Waals surface area contributed by atoms with E-state index >= 15 is 0 Å². The highest BCUT2D eigenvalue weighted by atomic mass is 35.5. The zero-order valence-corrected chi connectivity index (χ0v) is 11.1. The molecule has 1 heterocycles. The Labute approximate surface area is 108 Å². The Morgan fingerprint density at radius 1 is 1.47 bits per heavy atom. The summed E-state index contributed by atoms with van der Waals surface area (Å²) < 4.78 is 0. The van der Waals surface area contributed by atoms with Gasteiger partial charge in [0.05, 0.1) is 17.3 Å². The van der Waals surface area contributed by atoms with Gasteiger partial charge >= 0.3 is 0 Å². The Kier molecular flexibility index (Phi) is 3.92. The average Bonchev–Trinajstić information content (AvgIpc) is 2.77. The summed E-state index contributed by atoms with van der Waals surface area (Å²) in [6, 6.07) is 6.28. The number of anilines is 1. The van der Waals surface area contributed by atoms with Gasteiger partial charge in [-0.25, -0.2) is 0 Å². The molecular formula is C13H19ClN2O. The molecule has 1 saturated heterocycles. The molecule has 1 N–H and O–H groups in total. The Morgan fingerprint density at radius 2 is 2.24 bits per heavy atom. The largest absolute Gasteiger partial charge is 0.392 e. The summed E-state index contributed by atoms with van der Waals surface area (Å²) >= 11 is 6.25. The van der Waals surface area contributed by atoms with Gasteiger partial charge in [0.15, 0.2) is 0 Å². The lowest BCUT2D eigenvalue weighted by atomic mass is 10.1. The zero-order chi connectivity index (χ0) is 12.4. The second-order valence-electron chi connectivity index (χ2n) is 4.76. The van der Waals surface area contributed by atoms with Gasteiger partial charge in [0.25, 0.3) is 0 Å². The fraction of sp³-hybridized carbons (Fsp3) is 0.538. The minimum absolute atomic E-state index is 0.0407. The minimum atomic E-state index is 0.0407. The topological polar surface area (TPSA) is 26.7 Å². The molecule has 1 aromatic carbocycles. The van der Waals surface area contributed by atoms with E-state index in [1.807, 2.05) is 18.2 Å². The maximum absolute atomic E-state index is 9.38. The SMILES string of the molecule is CN(C)C1CCN(c2c(Cl)cccc2CO)C1. The second-order valence-corrected chi connectivity index (χ2v) is 5.17. The van der Waals surface area contributed by atoms with Crippen molar-refractivity contribution in [3.05, 3.63) is 28.8 Å². The molecule has 0 bridgehead atoms. The molecule has 17 heavy (non-hydrogen) atoms. The highest BCUT2D eigenvalue weighted by molar-refractivity contribution is 6.33. The molecule has 0 amide bonds. The lowest BCUT2D eigenvalue weighted by molar-refractivity contribution is 0.282. The highest BCUT2D eigenvalue weighted by Crippen LogP contribution is 2.33. The Balaban J connectivity index is 2.24. The van der Waals surface area contributed by atoms with E-state index in [4.69, 9.17) is 11.6 Å². The van der Waals surface area contributed by atoms with Crippen LogP contribution >= 0.6 is 11.6 Å². The fourth-order valence-corrected chi connectivity index (χ4v) is 2.72. The summed E-state index contributed by atoms with van der Waals surface area (Å²) in [7, 11) is 4.21. The molecule has 1 fully saturated rings. The van der Waals surface area contributed by atoms with E-state index in [1.54, 1.807) is 0 Å². The Morgan fingerprint density at radius 3 is 2.82 bits per heavy atom. The van der Waals surface area contributed by atoms with Crippen LogP contribution in [-0.4, -0.2) is 43.2 Å². The Hall–Kier alpha value is -0.770. The summed E-state index contributed by atoms with van der Waals surface area (Å²) in [5, 5.41) is 10.1. The monoisotopic (exact) mass is 254 g/mol. The average molecular weight is 255 g/mol. The summed E-state index contributed by atoms with van der Waals surface area (Å²) in [6.07, 6.45) is 1.14. The van der Waals surface area contributed by atoms with Crippen molar-refractivity contribution in [2.75, 3.05) is 32.1 Å². The first-order chi connectivity index (χ1) is 8.13. The van der Waals surface area contributed by atoms with Gasteiger partial charge in [0, 0.05) is 24.7 Å². The van der Waals surface area contributed by atoms with Gasteiger partial charge in [-0.2, -0.15) is 0 Å². The Bertz CT molecular complexity index is 395. The predicted molar refractivity (Wildman–Crippen MR) is 71.7 cm³/mol. The summed E-state index contributed by atoms with van der Waals surface area (Å²) in [4.78, 5) is 4.52. The number of benzene rings is 1. The number of rotatable bonds is 3. The van der Waals surface area contributed by atoms with Crippen LogP contribution in [-0.2, 0) is 6.61 Å². The van der Waals surface area contributed by atoms with Crippen LogP contribution in [0.15, 0.2) is 18.2 Å². The van der Waals surface area contributed by atoms with Crippen LogP contribution in [0.1, 0.15) is 12.0 Å². The van der Waals surface area contributed by atoms with Gasteiger partial charge in [0.2, 0.25) is 0 Å². The van der Waals surface area contributed by atoms with E-state index in [0.29, 0.717) is 6.04 Å². The number of aliphatic hydroxyl groups is 1. The quantitative estimate of drug-likeness (QED) is 0.894. The number of likely N-dealkylation sites (N-methyl/N-ethyl adjacent to an activating group) is 1. The van der Waals surface area contributed by atoms with E-state index in [2.05, 4.69) is 23.9 Å². The lowest BCUT2D eigenvalue weighted by Crippen LogP contribution is -2.31. The first-order valence-corrected chi connectivity index (χ1v) is 6.31. The van der Waals surface area contributed by atoms with Gasteiger partial charge in [-0.3, -0.25) is 0 Å². The molecule has 1 aromatic rings. The number of aliphatic hydroxyl groups excluding tert-OH is 1. The summed E-state index contributed by atoms with van der Waals surface area (Å²) in [5.41, 5.74) is 1.91.